The summed E-state index contributed by atoms with van der Waals surface area (Å²) < 4.78 is 5.54. The number of piperidine rings is 1. The van der Waals surface area contributed by atoms with Crippen LogP contribution in [0.3, 0.4) is 0 Å². The lowest BCUT2D eigenvalue weighted by Crippen LogP contribution is -2.45. The van der Waals surface area contributed by atoms with Crippen molar-refractivity contribution in [1.82, 2.24) is 10.2 Å². The molecule has 0 atom stereocenters. The number of nitrogens with zero attached hydrogens (tertiary/aromatic N) is 1. The molecule has 1 aromatic rings. The summed E-state index contributed by atoms with van der Waals surface area (Å²) in [5.74, 6) is 0.734. The average molecular weight is 297 g/mol. The van der Waals surface area contributed by atoms with Gasteiger partial charge in [-0.25, -0.2) is 0 Å². The van der Waals surface area contributed by atoms with Crippen molar-refractivity contribution in [2.24, 2.45) is 0 Å². The van der Waals surface area contributed by atoms with Gasteiger partial charge in [-0.1, -0.05) is 11.6 Å². The summed E-state index contributed by atoms with van der Waals surface area (Å²) in [6.45, 7) is 3.60. The number of hydrogen-bond acceptors (Lipinski definition) is 3. The molecule has 0 aliphatic carbocycles. The molecule has 5 heteroatoms. The minimum absolute atomic E-state index is 0.0483. The summed E-state index contributed by atoms with van der Waals surface area (Å²) in [4.78, 5) is 13.9. The maximum atomic E-state index is 12.1. The van der Waals surface area contributed by atoms with E-state index in [2.05, 4.69) is 5.32 Å². The van der Waals surface area contributed by atoms with E-state index >= 15 is 0 Å². The fourth-order valence-corrected chi connectivity index (χ4v) is 2.48. The van der Waals surface area contributed by atoms with Gasteiger partial charge in [0, 0.05) is 24.2 Å². The standard InChI is InChI=1S/C15H21ClN2O2/c1-11-9-13(3-4-14(11)16)20-10-15(19)18-7-5-12(17-2)6-8-18/h3-4,9,12,17H,5-8,10H2,1-2H3. The van der Waals surface area contributed by atoms with E-state index in [4.69, 9.17) is 16.3 Å². The molecule has 1 fully saturated rings. The number of carbonyl (C=O) groups is 1. The molecule has 0 aromatic heterocycles. The summed E-state index contributed by atoms with van der Waals surface area (Å²) in [6, 6.07) is 5.95. The number of hydrogen-bond donors (Lipinski definition) is 1. The van der Waals surface area contributed by atoms with Gasteiger partial charge < -0.3 is 15.0 Å². The Morgan fingerprint density at radius 1 is 1.45 bits per heavy atom. The molecule has 110 valence electrons. The maximum absolute atomic E-state index is 12.1. The lowest BCUT2D eigenvalue weighted by atomic mass is 10.1. The molecule has 20 heavy (non-hydrogen) atoms. The first-order valence-electron chi connectivity index (χ1n) is 6.94. The molecule has 1 saturated heterocycles. The van der Waals surface area contributed by atoms with Gasteiger partial charge in [0.2, 0.25) is 0 Å². The minimum atomic E-state index is 0.0483. The van der Waals surface area contributed by atoms with Crippen LogP contribution in [0.2, 0.25) is 5.02 Å². The summed E-state index contributed by atoms with van der Waals surface area (Å²) in [7, 11) is 1.97. The van der Waals surface area contributed by atoms with Gasteiger partial charge in [-0.3, -0.25) is 4.79 Å². The third-order valence-electron chi connectivity index (χ3n) is 3.75. The molecule has 1 amide bonds. The smallest absolute Gasteiger partial charge is 0.260 e. The Bertz CT molecular complexity index is 471. The predicted octanol–water partition coefficient (Wildman–Crippen LogP) is 2.24. The van der Waals surface area contributed by atoms with Crippen LogP contribution in [0, 0.1) is 6.92 Å². The first-order chi connectivity index (χ1) is 9.60. The molecule has 0 spiro atoms. The Morgan fingerprint density at radius 2 is 2.15 bits per heavy atom. The molecular weight excluding hydrogens is 276 g/mol. The molecule has 1 aliphatic heterocycles. The molecule has 4 nitrogen and oxygen atoms in total. The van der Waals surface area contributed by atoms with Crippen LogP contribution in [0.1, 0.15) is 18.4 Å². The number of nitrogens with one attached hydrogen (secondary N) is 1. The van der Waals surface area contributed by atoms with Gasteiger partial charge in [0.25, 0.3) is 5.91 Å². The highest BCUT2D eigenvalue weighted by Gasteiger charge is 2.21. The number of aryl methyl sites for hydroxylation is 1. The molecule has 1 aromatic carbocycles. The molecule has 0 radical (unpaired) electrons. The van der Waals surface area contributed by atoms with Crippen molar-refractivity contribution in [3.63, 3.8) is 0 Å². The Morgan fingerprint density at radius 3 is 2.75 bits per heavy atom. The lowest BCUT2D eigenvalue weighted by Gasteiger charge is -2.31. The van der Waals surface area contributed by atoms with E-state index < -0.39 is 0 Å². The van der Waals surface area contributed by atoms with Crippen LogP contribution in [0.5, 0.6) is 5.75 Å². The lowest BCUT2D eigenvalue weighted by molar-refractivity contribution is -0.134. The van der Waals surface area contributed by atoms with E-state index in [0.29, 0.717) is 16.8 Å². The van der Waals surface area contributed by atoms with Gasteiger partial charge in [-0.05, 0) is 50.6 Å². The van der Waals surface area contributed by atoms with Gasteiger partial charge >= 0.3 is 0 Å². The largest absolute Gasteiger partial charge is 0.484 e. The zero-order chi connectivity index (χ0) is 14.5. The molecule has 0 unspecified atom stereocenters. The number of ether oxygens (including phenoxy) is 1. The van der Waals surface area contributed by atoms with Crippen molar-refractivity contribution in [2.45, 2.75) is 25.8 Å². The van der Waals surface area contributed by atoms with Crippen molar-refractivity contribution in [2.75, 3.05) is 26.7 Å². The number of carbonyl (C=O) groups excluding carboxylic acids is 1. The van der Waals surface area contributed by atoms with Gasteiger partial charge in [0.05, 0.1) is 0 Å². The fraction of sp³-hybridized carbons (Fsp3) is 0.533. The Balaban J connectivity index is 1.81. The highest BCUT2D eigenvalue weighted by molar-refractivity contribution is 6.31. The van der Waals surface area contributed by atoms with Gasteiger partial charge in [0.1, 0.15) is 5.75 Å². The second-order valence-corrected chi connectivity index (χ2v) is 5.55. The topological polar surface area (TPSA) is 41.6 Å². The average Bonchev–Trinajstić information content (AvgIpc) is 2.48. The van der Waals surface area contributed by atoms with Crippen molar-refractivity contribution >= 4 is 17.5 Å². The highest BCUT2D eigenvalue weighted by atomic mass is 35.5. The van der Waals surface area contributed by atoms with E-state index in [-0.39, 0.29) is 12.5 Å². The van der Waals surface area contributed by atoms with Crippen molar-refractivity contribution in [1.29, 1.82) is 0 Å². The van der Waals surface area contributed by atoms with E-state index in [1.54, 1.807) is 12.1 Å². The quantitative estimate of drug-likeness (QED) is 0.926. The third kappa shape index (κ3) is 3.87. The van der Waals surface area contributed by atoms with Crippen molar-refractivity contribution in [3.05, 3.63) is 28.8 Å². The number of benzene rings is 1. The van der Waals surface area contributed by atoms with Crippen LogP contribution in [0.15, 0.2) is 18.2 Å². The van der Waals surface area contributed by atoms with Gasteiger partial charge in [0.15, 0.2) is 6.61 Å². The second-order valence-electron chi connectivity index (χ2n) is 5.14. The molecule has 1 aliphatic rings. The molecular formula is C15H21ClN2O2. The van der Waals surface area contributed by atoms with Gasteiger partial charge in [-0.15, -0.1) is 0 Å². The second kappa shape index (κ2) is 6.95. The van der Waals surface area contributed by atoms with E-state index in [0.717, 1.165) is 31.5 Å². The number of likely N-dealkylation sites (tertiary alicyclic amines) is 1. The number of amides is 1. The van der Waals surface area contributed by atoms with Gasteiger partial charge in [-0.2, -0.15) is 0 Å². The predicted molar refractivity (Wildman–Crippen MR) is 80.3 cm³/mol. The number of halogens is 1. The van der Waals surface area contributed by atoms with Crippen LogP contribution in [0.25, 0.3) is 0 Å². The maximum Gasteiger partial charge on any atom is 0.260 e. The van der Waals surface area contributed by atoms with E-state index in [9.17, 15) is 4.79 Å². The van der Waals surface area contributed by atoms with E-state index in [1.807, 2.05) is 24.9 Å². The SMILES string of the molecule is CNC1CCN(C(=O)COc2ccc(Cl)c(C)c2)CC1. The van der Waals surface area contributed by atoms with Crippen molar-refractivity contribution < 1.29 is 9.53 Å². The normalized spacial score (nSPS) is 16.2. The molecule has 1 heterocycles. The fourth-order valence-electron chi connectivity index (χ4n) is 2.36. The Kier molecular flexibility index (Phi) is 5.26. The van der Waals surface area contributed by atoms with Crippen LogP contribution < -0.4 is 10.1 Å². The first-order valence-corrected chi connectivity index (χ1v) is 7.32. The van der Waals surface area contributed by atoms with Crippen LogP contribution in [0.4, 0.5) is 0 Å². The molecule has 1 N–H and O–H groups in total. The molecule has 0 saturated carbocycles. The zero-order valence-corrected chi connectivity index (χ0v) is 12.7. The van der Waals surface area contributed by atoms with Crippen LogP contribution >= 0.6 is 11.6 Å². The monoisotopic (exact) mass is 296 g/mol. The van der Waals surface area contributed by atoms with Crippen LogP contribution in [-0.4, -0.2) is 43.6 Å². The van der Waals surface area contributed by atoms with Crippen molar-refractivity contribution in [3.8, 4) is 5.75 Å². The zero-order valence-electron chi connectivity index (χ0n) is 12.0. The third-order valence-corrected chi connectivity index (χ3v) is 4.17. The summed E-state index contributed by atoms with van der Waals surface area (Å²) in [5.41, 5.74) is 0.950. The molecule has 2 rings (SSSR count). The van der Waals surface area contributed by atoms with Crippen LogP contribution in [-0.2, 0) is 4.79 Å². The van der Waals surface area contributed by atoms with E-state index in [1.165, 1.54) is 0 Å². The Hall–Kier alpha value is -1.26. The minimum Gasteiger partial charge on any atom is -0.484 e. The Labute approximate surface area is 125 Å². The summed E-state index contributed by atoms with van der Waals surface area (Å²) >= 11 is 5.96. The first kappa shape index (κ1) is 15.1. The summed E-state index contributed by atoms with van der Waals surface area (Å²) in [5, 5.41) is 3.96. The molecule has 0 bridgehead atoms. The highest BCUT2D eigenvalue weighted by Crippen LogP contribution is 2.21. The summed E-state index contributed by atoms with van der Waals surface area (Å²) in [6.07, 6.45) is 2.00. The number of rotatable bonds is 4.